The number of amides is 1. The molecule has 0 fully saturated rings. The number of benzene rings is 1. The van der Waals surface area contributed by atoms with Crippen LogP contribution < -0.4 is 16.4 Å². The number of nitrogens with two attached hydrogens (primary N) is 1. The maximum absolute atomic E-state index is 12.1. The summed E-state index contributed by atoms with van der Waals surface area (Å²) in [6, 6.07) is 5.32. The average Bonchev–Trinajstić information content (AvgIpc) is 2.36. The maximum Gasteiger partial charge on any atom is 0.230 e. The molecule has 5 N–H and O–H groups in total. The number of anilines is 3. The molecule has 1 amide bonds. The van der Waals surface area contributed by atoms with Crippen LogP contribution in [0.3, 0.4) is 0 Å². The van der Waals surface area contributed by atoms with E-state index in [0.717, 1.165) is 12.1 Å². The first-order valence-corrected chi connectivity index (χ1v) is 7.22. The lowest BCUT2D eigenvalue weighted by molar-refractivity contribution is -0.124. The fraction of sp³-hybridized carbons (Fsp3) is 0.562. The molecule has 0 radical (unpaired) electrons. The number of carbonyl (C=O) groups excluding carboxylic acids is 1. The molecular weight excluding hydrogens is 266 g/mol. The third kappa shape index (κ3) is 5.27. The van der Waals surface area contributed by atoms with Crippen LogP contribution in [0.2, 0.25) is 0 Å². The van der Waals surface area contributed by atoms with Crippen molar-refractivity contribution in [3.05, 3.63) is 18.2 Å². The molecule has 1 aromatic carbocycles. The van der Waals surface area contributed by atoms with Gasteiger partial charge in [0.2, 0.25) is 5.91 Å². The Bertz CT molecular complexity index is 505. The van der Waals surface area contributed by atoms with Crippen LogP contribution in [0, 0.1) is 5.41 Å². The molecule has 0 atom stereocenters. The number of carbonyl (C=O) groups is 1. The van der Waals surface area contributed by atoms with Crippen LogP contribution in [0.25, 0.3) is 0 Å². The van der Waals surface area contributed by atoms with Gasteiger partial charge in [-0.2, -0.15) is 0 Å². The minimum absolute atomic E-state index is 0.0263. The number of nitrogen functional groups attached to an aromatic ring is 1. The Morgan fingerprint density at radius 2 is 1.90 bits per heavy atom. The first-order valence-electron chi connectivity index (χ1n) is 7.22. The van der Waals surface area contributed by atoms with Crippen LogP contribution in [-0.2, 0) is 4.79 Å². The van der Waals surface area contributed by atoms with Crippen molar-refractivity contribution in [3.8, 4) is 0 Å². The second-order valence-corrected chi connectivity index (χ2v) is 6.66. The van der Waals surface area contributed by atoms with Gasteiger partial charge in [-0.1, -0.05) is 20.8 Å². The Balaban J connectivity index is 2.77. The largest absolute Gasteiger partial charge is 0.397 e. The van der Waals surface area contributed by atoms with E-state index in [-0.39, 0.29) is 5.91 Å². The third-order valence-corrected chi connectivity index (χ3v) is 3.52. The second kappa shape index (κ2) is 6.35. The van der Waals surface area contributed by atoms with Crippen molar-refractivity contribution in [2.24, 2.45) is 5.41 Å². The average molecular weight is 293 g/mol. The van der Waals surface area contributed by atoms with Crippen molar-refractivity contribution < 1.29 is 9.90 Å². The Morgan fingerprint density at radius 3 is 2.38 bits per heavy atom. The van der Waals surface area contributed by atoms with E-state index in [9.17, 15) is 9.90 Å². The minimum atomic E-state index is -0.815. The van der Waals surface area contributed by atoms with E-state index in [1.54, 1.807) is 32.0 Å². The molecule has 0 saturated carbocycles. The molecule has 1 aromatic rings. The molecule has 5 nitrogen and oxygen atoms in total. The molecule has 0 heterocycles. The van der Waals surface area contributed by atoms with Crippen LogP contribution in [0.15, 0.2) is 18.2 Å². The molecule has 0 saturated heterocycles. The number of hydrogen-bond donors (Lipinski definition) is 4. The van der Waals surface area contributed by atoms with Gasteiger partial charge in [-0.25, -0.2) is 0 Å². The van der Waals surface area contributed by atoms with Crippen molar-refractivity contribution >= 4 is 23.0 Å². The first kappa shape index (κ1) is 17.3. The van der Waals surface area contributed by atoms with Crippen LogP contribution in [0.4, 0.5) is 17.1 Å². The highest BCUT2D eigenvalue weighted by Crippen LogP contribution is 2.26. The van der Waals surface area contributed by atoms with Crippen LogP contribution >= 0.6 is 0 Å². The zero-order chi connectivity index (χ0) is 16.3. The monoisotopic (exact) mass is 293 g/mol. The zero-order valence-corrected chi connectivity index (χ0v) is 13.6. The highest BCUT2D eigenvalue weighted by atomic mass is 16.3. The molecule has 0 bridgehead atoms. The van der Waals surface area contributed by atoms with E-state index < -0.39 is 11.0 Å². The summed E-state index contributed by atoms with van der Waals surface area (Å²) in [6.45, 7) is 9.63. The van der Waals surface area contributed by atoms with Gasteiger partial charge in [-0.15, -0.1) is 0 Å². The summed E-state index contributed by atoms with van der Waals surface area (Å²) in [5.41, 5.74) is 6.70. The molecule has 0 spiro atoms. The van der Waals surface area contributed by atoms with Gasteiger partial charge in [0, 0.05) is 17.6 Å². The van der Waals surface area contributed by atoms with Crippen LogP contribution in [0.5, 0.6) is 0 Å². The maximum atomic E-state index is 12.1. The highest BCUT2D eigenvalue weighted by Gasteiger charge is 2.25. The van der Waals surface area contributed by atoms with Gasteiger partial charge in [0.25, 0.3) is 0 Å². The smallest absolute Gasteiger partial charge is 0.230 e. The summed E-state index contributed by atoms with van der Waals surface area (Å²) in [4.78, 5) is 12.1. The molecule has 5 heteroatoms. The molecule has 118 valence electrons. The molecule has 0 aliphatic rings. The van der Waals surface area contributed by atoms with E-state index in [1.165, 1.54) is 0 Å². The fourth-order valence-electron chi connectivity index (χ4n) is 1.57. The van der Waals surface area contributed by atoms with Gasteiger partial charge in [0.05, 0.1) is 17.0 Å². The Labute approximate surface area is 126 Å². The lowest BCUT2D eigenvalue weighted by Crippen LogP contribution is -2.30. The molecular formula is C16H27N3O2. The number of hydrogen-bond acceptors (Lipinski definition) is 4. The predicted octanol–water partition coefficient (Wildman–Crippen LogP) is 2.83. The first-order chi connectivity index (χ1) is 9.55. The van der Waals surface area contributed by atoms with Gasteiger partial charge in [-0.05, 0) is 38.5 Å². The highest BCUT2D eigenvalue weighted by molar-refractivity contribution is 5.95. The van der Waals surface area contributed by atoms with Gasteiger partial charge >= 0.3 is 0 Å². The van der Waals surface area contributed by atoms with E-state index in [2.05, 4.69) is 10.6 Å². The van der Waals surface area contributed by atoms with Gasteiger partial charge in [0.1, 0.15) is 0 Å². The zero-order valence-electron chi connectivity index (χ0n) is 13.6. The second-order valence-electron chi connectivity index (χ2n) is 6.66. The van der Waals surface area contributed by atoms with E-state index in [4.69, 9.17) is 5.73 Å². The summed E-state index contributed by atoms with van der Waals surface area (Å²) in [5, 5.41) is 15.7. The third-order valence-electron chi connectivity index (χ3n) is 3.52. The minimum Gasteiger partial charge on any atom is -0.397 e. The quantitative estimate of drug-likeness (QED) is 0.607. The normalized spacial score (nSPS) is 12.1. The van der Waals surface area contributed by atoms with E-state index in [1.807, 2.05) is 20.8 Å². The molecule has 1 rings (SSSR count). The number of rotatable bonds is 6. The van der Waals surface area contributed by atoms with Crippen LogP contribution in [0.1, 0.15) is 41.0 Å². The van der Waals surface area contributed by atoms with Crippen molar-refractivity contribution in [2.45, 2.75) is 46.6 Å². The van der Waals surface area contributed by atoms with Crippen molar-refractivity contribution in [1.82, 2.24) is 0 Å². The summed E-state index contributed by atoms with van der Waals surface area (Å²) >= 11 is 0. The summed E-state index contributed by atoms with van der Waals surface area (Å²) in [6.07, 6.45) is 0.763. The molecule has 0 aromatic heterocycles. The molecule has 0 unspecified atom stereocenters. The topological polar surface area (TPSA) is 87.4 Å². The van der Waals surface area contributed by atoms with Gasteiger partial charge in [-0.3, -0.25) is 4.79 Å². The van der Waals surface area contributed by atoms with Crippen LogP contribution in [-0.4, -0.2) is 23.2 Å². The lowest BCUT2D eigenvalue weighted by atomic mass is 9.89. The van der Waals surface area contributed by atoms with Gasteiger partial charge < -0.3 is 21.5 Å². The SMILES string of the molecule is CCC(C)(C)C(=O)Nc1ccc(NCC(C)(C)O)c(N)c1. The van der Waals surface area contributed by atoms with Crippen molar-refractivity contribution in [3.63, 3.8) is 0 Å². The molecule has 21 heavy (non-hydrogen) atoms. The predicted molar refractivity (Wildman–Crippen MR) is 88.3 cm³/mol. The fourth-order valence-corrected chi connectivity index (χ4v) is 1.57. The van der Waals surface area contributed by atoms with E-state index >= 15 is 0 Å². The Kier molecular flexibility index (Phi) is 5.23. The number of nitrogens with one attached hydrogen (secondary N) is 2. The summed E-state index contributed by atoms with van der Waals surface area (Å²) in [7, 11) is 0. The van der Waals surface area contributed by atoms with Gasteiger partial charge in [0.15, 0.2) is 0 Å². The number of aliphatic hydroxyl groups is 1. The van der Waals surface area contributed by atoms with Crippen molar-refractivity contribution in [2.75, 3.05) is 22.9 Å². The van der Waals surface area contributed by atoms with Crippen molar-refractivity contribution in [1.29, 1.82) is 0 Å². The Morgan fingerprint density at radius 1 is 1.29 bits per heavy atom. The van der Waals surface area contributed by atoms with E-state index in [0.29, 0.717) is 17.9 Å². The molecule has 0 aliphatic carbocycles. The molecule has 0 aliphatic heterocycles. The lowest BCUT2D eigenvalue weighted by Gasteiger charge is -2.22. The summed E-state index contributed by atoms with van der Waals surface area (Å²) < 4.78 is 0. The standard InChI is InChI=1S/C16H27N3O2/c1-6-15(2,3)14(20)19-11-7-8-13(12(17)9-11)18-10-16(4,5)21/h7-9,18,21H,6,10,17H2,1-5H3,(H,19,20). The Hall–Kier alpha value is -1.75. The summed E-state index contributed by atoms with van der Waals surface area (Å²) in [5.74, 6) is -0.0263.